The summed E-state index contributed by atoms with van der Waals surface area (Å²) in [5.41, 5.74) is 6.22. The largest absolute Gasteiger partial charge is 0.366 e. The van der Waals surface area contributed by atoms with Crippen molar-refractivity contribution >= 4 is 46.3 Å². The van der Waals surface area contributed by atoms with Crippen LogP contribution in [0.1, 0.15) is 62.3 Å². The highest BCUT2D eigenvalue weighted by Gasteiger charge is 2.38. The number of thioether (sulfide) groups is 1. The van der Waals surface area contributed by atoms with Gasteiger partial charge in [-0.05, 0) is 111 Å². The molecule has 184 valence electrons. The molecule has 2 aliphatic heterocycles. The number of hydrogen-bond acceptors (Lipinski definition) is 5. The summed E-state index contributed by atoms with van der Waals surface area (Å²) < 4.78 is 0. The van der Waals surface area contributed by atoms with Crippen LogP contribution in [0.3, 0.4) is 0 Å². The minimum absolute atomic E-state index is 0.0802. The second-order valence-electron chi connectivity index (χ2n) is 10.1. The second kappa shape index (κ2) is 9.53. The van der Waals surface area contributed by atoms with E-state index in [0.717, 1.165) is 46.3 Å². The quantitative estimate of drug-likeness (QED) is 0.513. The summed E-state index contributed by atoms with van der Waals surface area (Å²) in [5.74, 6) is -0.447. The summed E-state index contributed by atoms with van der Waals surface area (Å²) >= 11 is 0.887. The minimum Gasteiger partial charge on any atom is -0.366 e. The van der Waals surface area contributed by atoms with Gasteiger partial charge in [0.1, 0.15) is 6.54 Å². The Morgan fingerprint density at radius 2 is 1.94 bits per heavy atom. The fourth-order valence-electron chi connectivity index (χ4n) is 5.25. The van der Waals surface area contributed by atoms with Crippen molar-refractivity contribution in [3.63, 3.8) is 0 Å². The van der Waals surface area contributed by atoms with E-state index in [1.54, 1.807) is 12.1 Å². The van der Waals surface area contributed by atoms with Crippen molar-refractivity contribution in [1.29, 1.82) is 0 Å². The van der Waals surface area contributed by atoms with Crippen molar-refractivity contribution in [2.45, 2.75) is 59.4 Å². The summed E-state index contributed by atoms with van der Waals surface area (Å²) in [6.45, 7) is 13.6. The molecule has 1 N–H and O–H groups in total. The molecule has 6 nitrogen and oxygen atoms in total. The first-order valence-electron chi connectivity index (χ1n) is 12.0. The molecule has 0 aromatic heterocycles. The predicted octanol–water partition coefficient (Wildman–Crippen LogP) is 6.09. The number of nitrogens with one attached hydrogen (secondary N) is 1. The monoisotopic (exact) mass is 491 g/mol. The van der Waals surface area contributed by atoms with Crippen LogP contribution in [0.4, 0.5) is 16.2 Å². The van der Waals surface area contributed by atoms with Gasteiger partial charge in [0.15, 0.2) is 0 Å². The van der Waals surface area contributed by atoms with Crippen molar-refractivity contribution in [2.24, 2.45) is 0 Å². The van der Waals surface area contributed by atoms with Gasteiger partial charge in [0.2, 0.25) is 5.91 Å². The first-order valence-corrected chi connectivity index (χ1v) is 12.9. The van der Waals surface area contributed by atoms with Gasteiger partial charge in [-0.15, -0.1) is 0 Å². The smallest absolute Gasteiger partial charge is 0.294 e. The first kappa shape index (κ1) is 25.0. The van der Waals surface area contributed by atoms with E-state index in [1.807, 2.05) is 32.0 Å². The lowest BCUT2D eigenvalue weighted by molar-refractivity contribution is -0.127. The molecule has 2 aromatic carbocycles. The van der Waals surface area contributed by atoms with Crippen molar-refractivity contribution < 1.29 is 14.4 Å². The number of benzene rings is 2. The van der Waals surface area contributed by atoms with Crippen LogP contribution in [0, 0.1) is 13.8 Å². The molecule has 0 aliphatic carbocycles. The number of aryl methyl sites for hydroxylation is 2. The topological polar surface area (TPSA) is 69.7 Å². The number of fused-ring (bicyclic) bond motifs is 1. The Morgan fingerprint density at radius 1 is 1.20 bits per heavy atom. The van der Waals surface area contributed by atoms with Crippen LogP contribution in [0.2, 0.25) is 0 Å². The Morgan fingerprint density at radius 3 is 2.63 bits per heavy atom. The van der Waals surface area contributed by atoms with Crippen LogP contribution in [0.5, 0.6) is 0 Å². The van der Waals surface area contributed by atoms with E-state index in [9.17, 15) is 14.4 Å². The van der Waals surface area contributed by atoms with Crippen LogP contribution in [0.15, 0.2) is 41.3 Å². The molecule has 1 fully saturated rings. The average molecular weight is 492 g/mol. The Labute approximate surface area is 211 Å². The fraction of sp³-hybridized carbons (Fsp3) is 0.393. The van der Waals surface area contributed by atoms with E-state index in [4.69, 9.17) is 0 Å². The molecule has 2 aromatic rings. The highest BCUT2D eigenvalue weighted by Crippen LogP contribution is 2.45. The molecule has 35 heavy (non-hydrogen) atoms. The normalized spacial score (nSPS) is 20.4. The van der Waals surface area contributed by atoms with Crippen LogP contribution in [-0.4, -0.2) is 40.6 Å². The van der Waals surface area contributed by atoms with Crippen molar-refractivity contribution in [3.8, 4) is 0 Å². The number of hydrogen-bond donors (Lipinski definition) is 1. The van der Waals surface area contributed by atoms with Crippen LogP contribution in [-0.2, 0) is 9.59 Å². The third-order valence-electron chi connectivity index (χ3n) is 6.85. The van der Waals surface area contributed by atoms with Crippen molar-refractivity contribution in [1.82, 2.24) is 4.90 Å². The molecule has 7 heteroatoms. The summed E-state index contributed by atoms with van der Waals surface area (Å²) in [7, 11) is 0. The third kappa shape index (κ3) is 5.01. The molecule has 0 saturated carbocycles. The van der Waals surface area contributed by atoms with Gasteiger partial charge in [-0.1, -0.05) is 19.1 Å². The predicted molar refractivity (Wildman–Crippen MR) is 144 cm³/mol. The van der Waals surface area contributed by atoms with E-state index in [1.165, 1.54) is 11.3 Å². The molecular weight excluding hydrogens is 458 g/mol. The van der Waals surface area contributed by atoms with Gasteiger partial charge in [0.25, 0.3) is 11.1 Å². The van der Waals surface area contributed by atoms with Crippen molar-refractivity contribution in [3.05, 3.63) is 63.6 Å². The molecule has 0 spiro atoms. The maximum Gasteiger partial charge on any atom is 0.294 e. The van der Waals surface area contributed by atoms with Gasteiger partial charge in [-0.25, -0.2) is 0 Å². The number of imide groups is 1. The lowest BCUT2D eigenvalue weighted by Crippen LogP contribution is -2.48. The number of anilines is 2. The number of carbonyl (C=O) groups excluding carboxylic acids is 3. The zero-order valence-electron chi connectivity index (χ0n) is 21.3. The summed E-state index contributed by atoms with van der Waals surface area (Å²) in [6.07, 6.45) is 2.84. The van der Waals surface area contributed by atoms with E-state index in [-0.39, 0.29) is 12.1 Å². The van der Waals surface area contributed by atoms with Crippen LogP contribution >= 0.6 is 11.8 Å². The highest BCUT2D eigenvalue weighted by molar-refractivity contribution is 8.18. The van der Waals surface area contributed by atoms with E-state index >= 15 is 0 Å². The Hall–Kier alpha value is -3.06. The molecular formula is C28H33N3O3S. The first-order chi connectivity index (χ1) is 16.5. The molecule has 4 rings (SSSR count). The molecule has 1 saturated heterocycles. The molecule has 1 unspecified atom stereocenters. The van der Waals surface area contributed by atoms with E-state index in [0.29, 0.717) is 16.5 Å². The molecule has 0 bridgehead atoms. The number of carbonyl (C=O) groups is 3. The highest BCUT2D eigenvalue weighted by atomic mass is 32.2. The van der Waals surface area contributed by atoms with E-state index in [2.05, 4.69) is 50.0 Å². The molecule has 0 radical (unpaired) electrons. The molecule has 2 heterocycles. The maximum atomic E-state index is 13.0. The standard InChI is InChI=1S/C28H33N3O3S/c1-7-31-23-12-18(3)20(13-22(23)19(4)15-28(31,5)6)14-24-26(33)30(27(34)35-24)16-25(32)29-21-10-8-9-17(2)11-21/h8-14,19H,7,15-16H2,1-6H3,(H,29,32)/b24-14-. The minimum atomic E-state index is -0.430. The molecule has 1 atom stereocenters. The Bertz CT molecular complexity index is 1230. The van der Waals surface area contributed by atoms with Crippen LogP contribution < -0.4 is 10.2 Å². The van der Waals surface area contributed by atoms with Gasteiger partial charge >= 0.3 is 0 Å². The lowest BCUT2D eigenvalue weighted by atomic mass is 9.79. The summed E-state index contributed by atoms with van der Waals surface area (Å²) in [4.78, 5) is 41.9. The van der Waals surface area contributed by atoms with Crippen LogP contribution in [0.25, 0.3) is 6.08 Å². The maximum absolute atomic E-state index is 13.0. The second-order valence-corrected chi connectivity index (χ2v) is 11.1. The molecule has 3 amide bonds. The SMILES string of the molecule is CCN1c2cc(C)c(/C=C3\SC(=O)N(CC(=O)Nc4cccc(C)c4)C3=O)cc2C(C)CC1(C)C. The Kier molecular flexibility index (Phi) is 6.82. The lowest BCUT2D eigenvalue weighted by Gasteiger charge is -2.47. The van der Waals surface area contributed by atoms with Crippen molar-refractivity contribution in [2.75, 3.05) is 23.3 Å². The fourth-order valence-corrected chi connectivity index (χ4v) is 6.08. The van der Waals surface area contributed by atoms with Gasteiger partial charge in [-0.2, -0.15) is 0 Å². The van der Waals surface area contributed by atoms with E-state index < -0.39 is 17.1 Å². The van der Waals surface area contributed by atoms with Gasteiger partial charge in [0.05, 0.1) is 4.91 Å². The van der Waals surface area contributed by atoms with Gasteiger partial charge in [-0.3, -0.25) is 19.3 Å². The molecule has 2 aliphatic rings. The number of rotatable bonds is 5. The van der Waals surface area contributed by atoms with Gasteiger partial charge < -0.3 is 10.2 Å². The average Bonchev–Trinajstić information content (AvgIpc) is 3.02. The zero-order valence-corrected chi connectivity index (χ0v) is 22.1. The summed E-state index contributed by atoms with van der Waals surface area (Å²) in [6, 6.07) is 11.7. The number of amides is 3. The number of nitrogens with zero attached hydrogens (tertiary/aromatic N) is 2. The summed E-state index contributed by atoms with van der Waals surface area (Å²) in [5, 5.41) is 2.33. The van der Waals surface area contributed by atoms with Gasteiger partial charge in [0, 0.05) is 23.5 Å². The zero-order chi connectivity index (χ0) is 25.5. The third-order valence-corrected chi connectivity index (χ3v) is 7.76. The Balaban J connectivity index is 1.56.